The summed E-state index contributed by atoms with van der Waals surface area (Å²) in [6, 6.07) is 0. The van der Waals surface area contributed by atoms with Gasteiger partial charge in [-0.25, -0.2) is 0 Å². The molecule has 0 amide bonds. The first-order valence-electron chi connectivity index (χ1n) is 10.7. The SMILES string of the molecule is Cc1c(C)c(C)c2c(c1C)-c1c(C)c(C)c3c(C)c(C)c(C)c(C)c3c1C2C. The fourth-order valence-electron chi connectivity index (χ4n) is 5.92. The average Bonchev–Trinajstić information content (AvgIpc) is 2.97. The first-order valence-corrected chi connectivity index (χ1v) is 10.7. The van der Waals surface area contributed by atoms with Gasteiger partial charge in [0, 0.05) is 5.92 Å². The molecule has 28 heavy (non-hydrogen) atoms. The normalized spacial score (nSPS) is 15.3. The van der Waals surface area contributed by atoms with Crippen LogP contribution in [0.1, 0.15) is 79.6 Å². The largest absolute Gasteiger partial charge is 0.0542 e. The predicted octanol–water partition coefficient (Wildman–Crippen LogP) is 8.06. The third kappa shape index (κ3) is 2.07. The Morgan fingerprint density at radius 1 is 0.357 bits per heavy atom. The van der Waals surface area contributed by atoms with Gasteiger partial charge in [0.2, 0.25) is 0 Å². The van der Waals surface area contributed by atoms with E-state index in [1.54, 1.807) is 11.1 Å². The van der Waals surface area contributed by atoms with E-state index in [4.69, 9.17) is 0 Å². The van der Waals surface area contributed by atoms with Gasteiger partial charge in [-0.05, 0) is 158 Å². The Morgan fingerprint density at radius 3 is 1.29 bits per heavy atom. The molecule has 0 heterocycles. The number of hydrogen-bond donors (Lipinski definition) is 0. The van der Waals surface area contributed by atoms with E-state index >= 15 is 0 Å². The summed E-state index contributed by atoms with van der Waals surface area (Å²) in [6.07, 6.45) is 0. The van der Waals surface area contributed by atoms with Crippen molar-refractivity contribution in [1.29, 1.82) is 0 Å². The van der Waals surface area contributed by atoms with Crippen LogP contribution >= 0.6 is 0 Å². The quantitative estimate of drug-likeness (QED) is 0.375. The van der Waals surface area contributed by atoms with Gasteiger partial charge in [0.25, 0.3) is 0 Å². The van der Waals surface area contributed by atoms with Crippen molar-refractivity contribution >= 4 is 10.8 Å². The number of rotatable bonds is 0. The summed E-state index contributed by atoms with van der Waals surface area (Å²) < 4.78 is 0. The molecule has 0 fully saturated rings. The zero-order valence-corrected chi connectivity index (χ0v) is 19.6. The van der Waals surface area contributed by atoms with E-state index in [-0.39, 0.29) is 0 Å². The molecule has 0 radical (unpaired) electrons. The molecule has 3 aromatic rings. The summed E-state index contributed by atoms with van der Waals surface area (Å²) in [4.78, 5) is 0. The first-order chi connectivity index (χ1) is 13.0. The van der Waals surface area contributed by atoms with Gasteiger partial charge in [0.05, 0.1) is 0 Å². The van der Waals surface area contributed by atoms with Crippen molar-refractivity contribution in [2.75, 3.05) is 0 Å². The molecule has 0 heteroatoms. The molecule has 0 bridgehead atoms. The highest BCUT2D eigenvalue weighted by Crippen LogP contribution is 2.55. The van der Waals surface area contributed by atoms with Gasteiger partial charge in [0.15, 0.2) is 0 Å². The van der Waals surface area contributed by atoms with Crippen molar-refractivity contribution in [3.05, 3.63) is 66.8 Å². The lowest BCUT2D eigenvalue weighted by molar-refractivity contribution is 0.942. The summed E-state index contributed by atoms with van der Waals surface area (Å²) in [6.45, 7) is 25.6. The molecule has 4 rings (SSSR count). The van der Waals surface area contributed by atoms with Gasteiger partial charge in [-0.1, -0.05) is 6.92 Å². The maximum atomic E-state index is 2.43. The Balaban J connectivity index is 2.33. The lowest BCUT2D eigenvalue weighted by Crippen LogP contribution is -2.03. The summed E-state index contributed by atoms with van der Waals surface area (Å²) in [5, 5.41) is 3.02. The van der Waals surface area contributed by atoms with Crippen molar-refractivity contribution in [3.8, 4) is 11.1 Å². The van der Waals surface area contributed by atoms with Gasteiger partial charge in [-0.3, -0.25) is 0 Å². The summed E-state index contributed by atoms with van der Waals surface area (Å²) in [5.74, 6) is 0.449. The second-order valence-electron chi connectivity index (χ2n) is 9.30. The van der Waals surface area contributed by atoms with Crippen LogP contribution in [0.3, 0.4) is 0 Å². The van der Waals surface area contributed by atoms with Crippen LogP contribution in [0.4, 0.5) is 0 Å². The second-order valence-corrected chi connectivity index (χ2v) is 9.30. The fourth-order valence-corrected chi connectivity index (χ4v) is 5.92. The Hall–Kier alpha value is -2.08. The number of aryl methyl sites for hydroxylation is 3. The lowest BCUT2D eigenvalue weighted by Gasteiger charge is -2.23. The van der Waals surface area contributed by atoms with Gasteiger partial charge in [0.1, 0.15) is 0 Å². The van der Waals surface area contributed by atoms with Crippen molar-refractivity contribution < 1.29 is 0 Å². The highest BCUT2D eigenvalue weighted by Gasteiger charge is 2.35. The molecule has 0 aromatic heterocycles. The Kier molecular flexibility index (Phi) is 4.10. The summed E-state index contributed by atoms with van der Waals surface area (Å²) >= 11 is 0. The van der Waals surface area contributed by atoms with Gasteiger partial charge in [-0.2, -0.15) is 0 Å². The van der Waals surface area contributed by atoms with E-state index in [0.717, 1.165) is 0 Å². The van der Waals surface area contributed by atoms with Crippen LogP contribution in [-0.2, 0) is 0 Å². The molecule has 0 N–H and O–H groups in total. The zero-order chi connectivity index (χ0) is 20.8. The van der Waals surface area contributed by atoms with Crippen LogP contribution in [0.2, 0.25) is 0 Å². The molecular weight excluding hydrogens is 336 g/mol. The number of hydrogen-bond acceptors (Lipinski definition) is 0. The third-order valence-corrected chi connectivity index (χ3v) is 8.39. The van der Waals surface area contributed by atoms with E-state index in [1.165, 1.54) is 77.5 Å². The smallest absolute Gasteiger partial charge is 0.00825 e. The first kappa shape index (κ1) is 19.2. The van der Waals surface area contributed by atoms with Gasteiger partial charge < -0.3 is 0 Å². The van der Waals surface area contributed by atoms with Crippen molar-refractivity contribution in [1.82, 2.24) is 0 Å². The Morgan fingerprint density at radius 2 is 0.714 bits per heavy atom. The van der Waals surface area contributed by atoms with Crippen LogP contribution in [0, 0.1) is 69.2 Å². The predicted molar refractivity (Wildman–Crippen MR) is 124 cm³/mol. The minimum absolute atomic E-state index is 0.449. The number of benzene rings is 3. The van der Waals surface area contributed by atoms with Crippen molar-refractivity contribution in [2.24, 2.45) is 0 Å². The van der Waals surface area contributed by atoms with E-state index in [9.17, 15) is 0 Å². The van der Waals surface area contributed by atoms with E-state index < -0.39 is 0 Å². The molecule has 0 spiro atoms. The van der Waals surface area contributed by atoms with E-state index in [0.29, 0.717) is 5.92 Å². The molecule has 1 aliphatic rings. The second kappa shape index (κ2) is 5.96. The molecule has 3 aromatic carbocycles. The van der Waals surface area contributed by atoms with Crippen LogP contribution in [-0.4, -0.2) is 0 Å². The standard InChI is InChI=1S/C28H34/c1-12-14(3)18(7)25-23(16(12)5)20(9)21(10)27-26-19(8)15(4)13(2)17(6)24(26)22(11)28(25)27/h22H,1-11H3. The monoisotopic (exact) mass is 370 g/mol. The molecule has 1 aliphatic carbocycles. The maximum Gasteiger partial charge on any atom is 0.00825 e. The van der Waals surface area contributed by atoms with E-state index in [2.05, 4.69) is 76.2 Å². The molecule has 146 valence electrons. The van der Waals surface area contributed by atoms with Crippen LogP contribution < -0.4 is 0 Å². The maximum absolute atomic E-state index is 2.43. The van der Waals surface area contributed by atoms with Crippen molar-refractivity contribution in [2.45, 2.75) is 82.1 Å². The Bertz CT molecular complexity index is 1200. The molecule has 1 unspecified atom stereocenters. The van der Waals surface area contributed by atoms with Gasteiger partial charge in [-0.15, -0.1) is 0 Å². The van der Waals surface area contributed by atoms with Crippen LogP contribution in [0.15, 0.2) is 0 Å². The highest BCUT2D eigenvalue weighted by atomic mass is 14.4. The fraction of sp³-hybridized carbons (Fsp3) is 0.429. The van der Waals surface area contributed by atoms with Crippen molar-refractivity contribution in [3.63, 3.8) is 0 Å². The summed E-state index contributed by atoms with van der Waals surface area (Å²) in [5.41, 5.74) is 20.9. The molecule has 0 saturated heterocycles. The molecular formula is C28H34. The molecule has 0 saturated carbocycles. The lowest BCUT2D eigenvalue weighted by atomic mass is 9.81. The summed E-state index contributed by atoms with van der Waals surface area (Å²) in [7, 11) is 0. The third-order valence-electron chi connectivity index (χ3n) is 8.39. The Labute approximate surface area is 171 Å². The molecule has 1 atom stereocenters. The molecule has 0 aliphatic heterocycles. The minimum atomic E-state index is 0.449. The van der Waals surface area contributed by atoms with Gasteiger partial charge >= 0.3 is 0 Å². The topological polar surface area (TPSA) is 0 Å². The zero-order valence-electron chi connectivity index (χ0n) is 19.6. The number of fused-ring (bicyclic) bond motifs is 5. The molecule has 0 nitrogen and oxygen atoms in total. The highest BCUT2D eigenvalue weighted by molar-refractivity contribution is 6.05. The van der Waals surface area contributed by atoms with Crippen LogP contribution in [0.5, 0.6) is 0 Å². The minimum Gasteiger partial charge on any atom is -0.0542 e. The van der Waals surface area contributed by atoms with Crippen LogP contribution in [0.25, 0.3) is 21.9 Å². The average molecular weight is 371 g/mol. The van der Waals surface area contributed by atoms with E-state index in [1.807, 2.05) is 0 Å².